The number of nitrogens with zero attached hydrogens (tertiary/aromatic N) is 1. The smallest absolute Gasteiger partial charge is 0.342 e. The molecule has 0 spiro atoms. The van der Waals surface area contributed by atoms with Crippen molar-refractivity contribution in [3.8, 4) is 11.5 Å². The molecule has 0 atom stereocenters. The van der Waals surface area contributed by atoms with Crippen LogP contribution in [0.1, 0.15) is 15.9 Å². The normalized spacial score (nSPS) is 10.2. The summed E-state index contributed by atoms with van der Waals surface area (Å²) in [6.45, 7) is 1.64. The van der Waals surface area contributed by atoms with Crippen molar-refractivity contribution < 1.29 is 24.0 Å². The maximum absolute atomic E-state index is 13.2. The third kappa shape index (κ3) is 2.97. The van der Waals surface area contributed by atoms with Crippen molar-refractivity contribution in [1.29, 1.82) is 0 Å². The Bertz CT molecular complexity index is 729. The van der Waals surface area contributed by atoms with Crippen molar-refractivity contribution in [2.75, 3.05) is 0 Å². The van der Waals surface area contributed by atoms with Gasteiger partial charge in [-0.1, -0.05) is 12.1 Å². The van der Waals surface area contributed by atoms with Crippen LogP contribution in [0.15, 0.2) is 36.4 Å². The van der Waals surface area contributed by atoms with Crippen LogP contribution in [0.5, 0.6) is 11.5 Å². The topological polar surface area (TPSA) is 89.7 Å². The maximum Gasteiger partial charge on any atom is 0.342 e. The average molecular weight is 291 g/mol. The molecule has 0 saturated heterocycles. The average Bonchev–Trinajstić information content (AvgIpc) is 2.42. The predicted molar refractivity (Wildman–Crippen MR) is 71.3 cm³/mol. The van der Waals surface area contributed by atoms with Crippen molar-refractivity contribution in [2.45, 2.75) is 6.92 Å². The first kappa shape index (κ1) is 14.4. The fraction of sp³-hybridized carbons (Fsp3) is 0.0714. The van der Waals surface area contributed by atoms with E-state index in [1.807, 2.05) is 0 Å². The lowest BCUT2D eigenvalue weighted by atomic mass is 10.1. The molecule has 0 aliphatic rings. The van der Waals surface area contributed by atoms with Crippen molar-refractivity contribution in [1.82, 2.24) is 0 Å². The third-order valence-corrected chi connectivity index (χ3v) is 2.78. The van der Waals surface area contributed by atoms with E-state index in [2.05, 4.69) is 0 Å². The number of carboxylic acid groups (broad SMARTS) is 1. The molecule has 6 nitrogen and oxygen atoms in total. The number of para-hydroxylation sites is 1. The summed E-state index contributed by atoms with van der Waals surface area (Å²) in [6, 6.07) is 7.44. The van der Waals surface area contributed by atoms with Crippen LogP contribution in [-0.2, 0) is 0 Å². The number of carboxylic acids is 1. The minimum atomic E-state index is -1.44. The van der Waals surface area contributed by atoms with Gasteiger partial charge in [0.2, 0.25) is 5.75 Å². The summed E-state index contributed by atoms with van der Waals surface area (Å²) >= 11 is 0. The molecule has 2 aromatic carbocycles. The highest BCUT2D eigenvalue weighted by Gasteiger charge is 2.26. The molecule has 0 fully saturated rings. The predicted octanol–water partition coefficient (Wildman–Crippen LogP) is 3.53. The Labute approximate surface area is 118 Å². The number of nitro benzene ring substituents is 1. The lowest BCUT2D eigenvalue weighted by Crippen LogP contribution is -2.04. The summed E-state index contributed by atoms with van der Waals surface area (Å²) in [6.07, 6.45) is 0. The van der Waals surface area contributed by atoms with Gasteiger partial charge in [0, 0.05) is 6.07 Å². The van der Waals surface area contributed by atoms with Crippen molar-refractivity contribution in [3.05, 3.63) is 63.5 Å². The molecule has 0 heterocycles. The van der Waals surface area contributed by atoms with Crippen molar-refractivity contribution >= 4 is 11.7 Å². The number of ether oxygens (including phenoxy) is 1. The zero-order valence-electron chi connectivity index (χ0n) is 10.9. The fourth-order valence-electron chi connectivity index (χ4n) is 1.77. The van der Waals surface area contributed by atoms with Crippen LogP contribution in [0, 0.1) is 22.9 Å². The number of halogens is 1. The van der Waals surface area contributed by atoms with Crippen LogP contribution in [0.25, 0.3) is 0 Å². The second-order valence-corrected chi connectivity index (χ2v) is 4.23. The van der Waals surface area contributed by atoms with Crippen molar-refractivity contribution in [3.63, 3.8) is 0 Å². The zero-order chi connectivity index (χ0) is 15.6. The van der Waals surface area contributed by atoms with Gasteiger partial charge < -0.3 is 9.84 Å². The van der Waals surface area contributed by atoms with Gasteiger partial charge in [-0.3, -0.25) is 10.1 Å². The zero-order valence-corrected chi connectivity index (χ0v) is 10.9. The molecule has 0 radical (unpaired) electrons. The Morgan fingerprint density at radius 2 is 2.00 bits per heavy atom. The van der Waals surface area contributed by atoms with Gasteiger partial charge in [0.15, 0.2) is 0 Å². The summed E-state index contributed by atoms with van der Waals surface area (Å²) in [5.41, 5.74) is -0.605. The number of carbonyl (C=O) groups is 1. The Balaban J connectivity index is 2.54. The van der Waals surface area contributed by atoms with Gasteiger partial charge in [-0.15, -0.1) is 0 Å². The Hall–Kier alpha value is -2.96. The first-order chi connectivity index (χ1) is 9.90. The van der Waals surface area contributed by atoms with E-state index in [-0.39, 0.29) is 11.5 Å². The molecule has 21 heavy (non-hydrogen) atoms. The highest BCUT2D eigenvalue weighted by Crippen LogP contribution is 2.35. The second-order valence-electron chi connectivity index (χ2n) is 4.23. The first-order valence-electron chi connectivity index (χ1n) is 5.85. The van der Waals surface area contributed by atoms with Gasteiger partial charge >= 0.3 is 11.7 Å². The largest absolute Gasteiger partial charge is 0.477 e. The fourth-order valence-corrected chi connectivity index (χ4v) is 1.77. The Morgan fingerprint density at radius 3 is 2.62 bits per heavy atom. The summed E-state index contributed by atoms with van der Waals surface area (Å²) in [5, 5.41) is 20.1. The summed E-state index contributed by atoms with van der Waals surface area (Å²) in [4.78, 5) is 21.3. The van der Waals surface area contributed by atoms with E-state index in [1.54, 1.807) is 6.92 Å². The molecule has 1 N–H and O–H groups in total. The highest BCUT2D eigenvalue weighted by molar-refractivity contribution is 5.93. The van der Waals surface area contributed by atoms with Crippen LogP contribution >= 0.6 is 0 Å². The Morgan fingerprint density at radius 1 is 1.29 bits per heavy atom. The van der Waals surface area contributed by atoms with Gasteiger partial charge in [0.25, 0.3) is 0 Å². The summed E-state index contributed by atoms with van der Waals surface area (Å²) < 4.78 is 18.5. The van der Waals surface area contributed by atoms with E-state index in [0.29, 0.717) is 5.56 Å². The van der Waals surface area contributed by atoms with E-state index < -0.39 is 28.0 Å². The molecular formula is C14H10FNO5. The van der Waals surface area contributed by atoms with Gasteiger partial charge in [-0.2, -0.15) is 0 Å². The van der Waals surface area contributed by atoms with E-state index in [1.165, 1.54) is 24.3 Å². The van der Waals surface area contributed by atoms with Crippen LogP contribution in [-0.4, -0.2) is 16.0 Å². The van der Waals surface area contributed by atoms with Crippen LogP contribution in [0.2, 0.25) is 0 Å². The molecule has 108 valence electrons. The van der Waals surface area contributed by atoms with Crippen LogP contribution < -0.4 is 4.74 Å². The molecular weight excluding hydrogens is 281 g/mol. The van der Waals surface area contributed by atoms with Gasteiger partial charge in [-0.25, -0.2) is 9.18 Å². The number of aromatic carboxylic acids is 1. The number of nitro groups is 1. The molecule has 2 rings (SSSR count). The number of aryl methyl sites for hydroxylation is 1. The van der Waals surface area contributed by atoms with Crippen molar-refractivity contribution in [2.24, 2.45) is 0 Å². The van der Waals surface area contributed by atoms with Gasteiger partial charge in [-0.05, 0) is 30.7 Å². The summed E-state index contributed by atoms with van der Waals surface area (Å²) in [5.74, 6) is -2.18. The number of hydrogen-bond donors (Lipinski definition) is 1. The second kappa shape index (κ2) is 5.58. The maximum atomic E-state index is 13.2. The first-order valence-corrected chi connectivity index (χ1v) is 5.85. The number of benzene rings is 2. The molecule has 0 saturated carbocycles. The van der Waals surface area contributed by atoms with E-state index >= 15 is 0 Å². The van der Waals surface area contributed by atoms with Crippen LogP contribution in [0.4, 0.5) is 10.1 Å². The minimum Gasteiger partial charge on any atom is -0.477 e. The molecule has 0 aliphatic carbocycles. The molecule has 0 aromatic heterocycles. The lowest BCUT2D eigenvalue weighted by Gasteiger charge is -2.10. The number of hydrogen-bond acceptors (Lipinski definition) is 4. The monoisotopic (exact) mass is 291 g/mol. The lowest BCUT2D eigenvalue weighted by molar-refractivity contribution is -0.386. The molecule has 0 amide bonds. The minimum absolute atomic E-state index is 0.0839. The molecule has 0 bridgehead atoms. The van der Waals surface area contributed by atoms with Gasteiger partial charge in [0.1, 0.15) is 17.1 Å². The molecule has 0 unspecified atom stereocenters. The molecule has 7 heteroatoms. The van der Waals surface area contributed by atoms with Crippen LogP contribution in [0.3, 0.4) is 0 Å². The molecule has 2 aromatic rings. The standard InChI is InChI=1S/C14H10FNO5/c1-8-5-6-9(15)7-12(8)21-11-4-2-3-10(14(17)18)13(11)16(19)20/h2-7H,1H3,(H,17,18). The van der Waals surface area contributed by atoms with E-state index in [0.717, 1.165) is 12.1 Å². The third-order valence-electron chi connectivity index (χ3n) is 2.78. The number of rotatable bonds is 4. The highest BCUT2D eigenvalue weighted by atomic mass is 19.1. The summed E-state index contributed by atoms with van der Waals surface area (Å²) in [7, 11) is 0. The van der Waals surface area contributed by atoms with Gasteiger partial charge in [0.05, 0.1) is 4.92 Å². The Kier molecular flexibility index (Phi) is 3.84. The quantitative estimate of drug-likeness (QED) is 0.687. The van der Waals surface area contributed by atoms with E-state index in [4.69, 9.17) is 9.84 Å². The SMILES string of the molecule is Cc1ccc(F)cc1Oc1cccc(C(=O)O)c1[N+](=O)[O-]. The molecule has 0 aliphatic heterocycles. The van der Waals surface area contributed by atoms with E-state index in [9.17, 15) is 19.3 Å².